The summed E-state index contributed by atoms with van der Waals surface area (Å²) in [6.07, 6.45) is 8.12. The van der Waals surface area contributed by atoms with Crippen LogP contribution in [-0.4, -0.2) is 36.7 Å². The van der Waals surface area contributed by atoms with Gasteiger partial charge in [0.1, 0.15) is 5.70 Å². The highest BCUT2D eigenvalue weighted by Crippen LogP contribution is 2.31. The summed E-state index contributed by atoms with van der Waals surface area (Å²) in [5.74, 6) is -1.10. The van der Waals surface area contributed by atoms with Crippen molar-refractivity contribution in [2.75, 3.05) is 0 Å². The van der Waals surface area contributed by atoms with Crippen molar-refractivity contribution in [1.82, 2.24) is 19.4 Å². The third-order valence-corrected chi connectivity index (χ3v) is 3.51. The van der Waals surface area contributed by atoms with Gasteiger partial charge in [-0.1, -0.05) is 12.6 Å². The summed E-state index contributed by atoms with van der Waals surface area (Å²) in [5, 5.41) is 9.50. The van der Waals surface area contributed by atoms with Gasteiger partial charge in [-0.2, -0.15) is 0 Å². The lowest BCUT2D eigenvalue weighted by molar-refractivity contribution is -0.132. The molecule has 7 heteroatoms. The van der Waals surface area contributed by atoms with Crippen LogP contribution in [-0.2, 0) is 18.4 Å². The third-order valence-electron chi connectivity index (χ3n) is 3.51. The van der Waals surface area contributed by atoms with Gasteiger partial charge in [-0.25, -0.2) is 14.8 Å². The Morgan fingerprint density at radius 2 is 2.17 bits per heavy atom. The molecule has 0 amide bonds. The fourth-order valence-corrected chi connectivity index (χ4v) is 2.40. The Morgan fingerprint density at radius 3 is 2.78 bits per heavy atom. The molecule has 7 nitrogen and oxygen atoms in total. The van der Waals surface area contributed by atoms with Gasteiger partial charge in [0.05, 0.1) is 30.1 Å². The third kappa shape index (κ3) is 2.76. The molecule has 1 aliphatic heterocycles. The van der Waals surface area contributed by atoms with Crippen LogP contribution in [0.5, 0.6) is 0 Å². The first-order valence-corrected chi connectivity index (χ1v) is 6.91. The van der Waals surface area contributed by atoms with Crippen LogP contribution in [0.3, 0.4) is 0 Å². The second kappa shape index (κ2) is 5.88. The van der Waals surface area contributed by atoms with Gasteiger partial charge in [-0.05, 0) is 11.6 Å². The van der Waals surface area contributed by atoms with Crippen LogP contribution < -0.4 is 0 Å². The van der Waals surface area contributed by atoms with E-state index in [1.165, 1.54) is 6.21 Å². The Kier molecular flexibility index (Phi) is 3.76. The summed E-state index contributed by atoms with van der Waals surface area (Å²) >= 11 is 0. The monoisotopic (exact) mass is 309 g/mol. The zero-order chi connectivity index (χ0) is 16.4. The molecule has 0 unspecified atom stereocenters. The number of aromatic nitrogens is 3. The molecule has 1 aliphatic rings. The Balaban J connectivity index is 2.11. The molecule has 3 heterocycles. The number of allylic oxidation sites excluding steroid dienone is 1. The van der Waals surface area contributed by atoms with Gasteiger partial charge < -0.3 is 14.6 Å². The van der Waals surface area contributed by atoms with Gasteiger partial charge in [0, 0.05) is 26.0 Å². The second-order valence-electron chi connectivity index (χ2n) is 5.09. The van der Waals surface area contributed by atoms with Gasteiger partial charge in [0.2, 0.25) is 0 Å². The maximum absolute atomic E-state index is 11.6. The molecule has 116 valence electrons. The number of imidazole rings is 1. The van der Waals surface area contributed by atoms with Gasteiger partial charge in [0.15, 0.2) is 5.70 Å². The smallest absolute Gasteiger partial charge is 0.356 e. The number of carbonyl (C=O) groups is 1. The number of hydrogen-bond acceptors (Lipinski definition) is 5. The summed E-state index contributed by atoms with van der Waals surface area (Å²) in [5.41, 5.74) is 2.63. The molecule has 0 bridgehead atoms. The van der Waals surface area contributed by atoms with Crippen LogP contribution in [0.15, 0.2) is 60.0 Å². The molecule has 23 heavy (non-hydrogen) atoms. The average Bonchev–Trinajstić information content (AvgIpc) is 2.95. The molecule has 0 atom stereocenters. The second-order valence-corrected chi connectivity index (χ2v) is 5.09. The quantitative estimate of drug-likeness (QED) is 0.928. The molecule has 0 spiro atoms. The molecule has 1 N–H and O–H groups in total. The van der Waals surface area contributed by atoms with E-state index in [1.54, 1.807) is 36.5 Å². The van der Waals surface area contributed by atoms with E-state index in [1.807, 2.05) is 17.0 Å². The van der Waals surface area contributed by atoms with Crippen molar-refractivity contribution < 1.29 is 9.90 Å². The van der Waals surface area contributed by atoms with Gasteiger partial charge in [0.25, 0.3) is 0 Å². The number of aryl methyl sites for hydroxylation is 1. The van der Waals surface area contributed by atoms with Crippen LogP contribution in [0.1, 0.15) is 11.3 Å². The summed E-state index contributed by atoms with van der Waals surface area (Å²) in [6, 6.07) is 3.76. The maximum Gasteiger partial charge on any atom is 0.356 e. The van der Waals surface area contributed by atoms with E-state index < -0.39 is 5.97 Å². The minimum absolute atomic E-state index is 0.0371. The zero-order valence-corrected chi connectivity index (χ0v) is 12.5. The van der Waals surface area contributed by atoms with E-state index in [0.29, 0.717) is 23.6 Å². The van der Waals surface area contributed by atoms with E-state index in [4.69, 9.17) is 0 Å². The first-order chi connectivity index (χ1) is 11.1. The molecule has 3 rings (SSSR count). The largest absolute Gasteiger partial charge is 0.476 e. The number of nitrogens with zero attached hydrogens (tertiary/aromatic N) is 5. The van der Waals surface area contributed by atoms with E-state index in [9.17, 15) is 9.90 Å². The molecular weight excluding hydrogens is 294 g/mol. The summed E-state index contributed by atoms with van der Waals surface area (Å²) < 4.78 is 1.75. The topological polar surface area (TPSA) is 83.6 Å². The Hall–Kier alpha value is -3.22. The average molecular weight is 309 g/mol. The van der Waals surface area contributed by atoms with Crippen molar-refractivity contribution in [3.05, 3.63) is 66.3 Å². The van der Waals surface area contributed by atoms with Crippen molar-refractivity contribution in [3.63, 3.8) is 0 Å². The minimum atomic E-state index is -1.10. The van der Waals surface area contributed by atoms with Crippen molar-refractivity contribution >= 4 is 17.9 Å². The molecule has 0 fully saturated rings. The van der Waals surface area contributed by atoms with E-state index >= 15 is 0 Å². The Labute approximate surface area is 132 Å². The minimum Gasteiger partial charge on any atom is -0.476 e. The molecule has 2 aromatic rings. The van der Waals surface area contributed by atoms with Crippen molar-refractivity contribution in [2.24, 2.45) is 12.0 Å². The number of rotatable bonds is 4. The number of carboxylic acids is 1. The van der Waals surface area contributed by atoms with Crippen LogP contribution in [0.25, 0.3) is 5.70 Å². The fraction of sp³-hybridized carbons (Fsp3) is 0.125. The SMILES string of the molecule is C=C1C=NC(C(=O)O)=C(c2cncn2C)N1Cc1cccnc1. The number of hydrogen-bond donors (Lipinski definition) is 1. The standard InChI is InChI=1S/C16H15N5O2/c1-11-6-19-14(16(22)23)15(13-8-18-10-20(13)2)21(11)9-12-4-3-5-17-7-12/h3-8,10H,1,9H2,2H3,(H,22,23). The van der Waals surface area contributed by atoms with Crippen LogP contribution in [0.4, 0.5) is 0 Å². The Morgan fingerprint density at radius 1 is 1.35 bits per heavy atom. The van der Waals surface area contributed by atoms with E-state index in [2.05, 4.69) is 21.5 Å². The first-order valence-electron chi connectivity index (χ1n) is 6.91. The zero-order valence-electron chi connectivity index (χ0n) is 12.5. The molecular formula is C16H15N5O2. The summed E-state index contributed by atoms with van der Waals surface area (Å²) in [4.78, 5) is 25.6. The number of aliphatic imine (C=N–C) groups is 1. The Bertz CT molecular complexity index is 820. The fourth-order valence-electron chi connectivity index (χ4n) is 2.40. The highest BCUT2D eigenvalue weighted by molar-refractivity contribution is 6.01. The van der Waals surface area contributed by atoms with E-state index in [-0.39, 0.29) is 5.70 Å². The molecule has 0 aromatic carbocycles. The van der Waals surface area contributed by atoms with Gasteiger partial charge in [-0.3, -0.25) is 4.98 Å². The molecule has 0 saturated carbocycles. The molecule has 0 aliphatic carbocycles. The lowest BCUT2D eigenvalue weighted by Gasteiger charge is -2.30. The van der Waals surface area contributed by atoms with Crippen molar-refractivity contribution in [1.29, 1.82) is 0 Å². The molecule has 0 saturated heterocycles. The first kappa shape index (κ1) is 14.7. The van der Waals surface area contributed by atoms with Crippen LogP contribution in [0, 0.1) is 0 Å². The molecule has 2 aromatic heterocycles. The normalized spacial score (nSPS) is 14.5. The lowest BCUT2D eigenvalue weighted by Crippen LogP contribution is -2.28. The lowest BCUT2D eigenvalue weighted by atomic mass is 10.1. The molecule has 0 radical (unpaired) electrons. The number of pyridine rings is 1. The highest BCUT2D eigenvalue weighted by Gasteiger charge is 2.28. The van der Waals surface area contributed by atoms with Gasteiger partial charge >= 0.3 is 5.97 Å². The summed E-state index contributed by atoms with van der Waals surface area (Å²) in [6.45, 7) is 4.42. The highest BCUT2D eigenvalue weighted by atomic mass is 16.4. The van der Waals surface area contributed by atoms with Crippen molar-refractivity contribution in [3.8, 4) is 0 Å². The maximum atomic E-state index is 11.6. The number of aliphatic carboxylic acids is 1. The number of carboxylic acid groups (broad SMARTS) is 1. The predicted octanol–water partition coefficient (Wildman–Crippen LogP) is 1.67. The summed E-state index contributed by atoms with van der Waals surface area (Å²) in [7, 11) is 1.80. The van der Waals surface area contributed by atoms with E-state index in [0.717, 1.165) is 5.56 Å². The van der Waals surface area contributed by atoms with Crippen molar-refractivity contribution in [2.45, 2.75) is 6.54 Å². The predicted molar refractivity (Wildman–Crippen MR) is 85.2 cm³/mol. The van der Waals surface area contributed by atoms with Gasteiger partial charge in [-0.15, -0.1) is 0 Å². The van der Waals surface area contributed by atoms with Crippen LogP contribution >= 0.6 is 0 Å². The van der Waals surface area contributed by atoms with Crippen LogP contribution in [0.2, 0.25) is 0 Å².